The number of nitrogens with one attached hydrogen (secondary N) is 3. The fourth-order valence-electron chi connectivity index (χ4n) is 3.31. The number of H-pyrrole nitrogens is 1. The minimum Gasteiger partial charge on any atom is -0.324 e. The summed E-state index contributed by atoms with van der Waals surface area (Å²) in [4.78, 5) is 27.1. The van der Waals surface area contributed by atoms with E-state index in [1.807, 2.05) is 10.9 Å². The molecule has 126 valence electrons. The van der Waals surface area contributed by atoms with Gasteiger partial charge >= 0.3 is 6.03 Å². The first-order valence-electron chi connectivity index (χ1n) is 8.56. The standard InChI is InChI=1S/C17H21N5O2/c23-16-15(8-11-4-1-2-7-14(11)20-16)21-17(24)19-12-9-18-22(10-12)13-5-3-6-13/h8-10,13H,1-7H2,(H,20,23)(H2,19,21,24). The van der Waals surface area contributed by atoms with Crippen molar-refractivity contribution in [2.75, 3.05) is 10.6 Å². The highest BCUT2D eigenvalue weighted by molar-refractivity contribution is 5.99. The Morgan fingerprint density at radius 2 is 2.04 bits per heavy atom. The van der Waals surface area contributed by atoms with E-state index in [-0.39, 0.29) is 5.56 Å². The van der Waals surface area contributed by atoms with Crippen LogP contribution in [0.5, 0.6) is 0 Å². The van der Waals surface area contributed by atoms with E-state index >= 15 is 0 Å². The topological polar surface area (TPSA) is 91.8 Å². The zero-order valence-electron chi connectivity index (χ0n) is 13.5. The van der Waals surface area contributed by atoms with Gasteiger partial charge in [-0.15, -0.1) is 0 Å². The molecule has 2 heterocycles. The summed E-state index contributed by atoms with van der Waals surface area (Å²) in [7, 11) is 0. The number of fused-ring (bicyclic) bond motifs is 1. The summed E-state index contributed by atoms with van der Waals surface area (Å²) in [5, 5.41) is 9.66. The lowest BCUT2D eigenvalue weighted by atomic mass is 9.93. The largest absolute Gasteiger partial charge is 0.324 e. The average molecular weight is 327 g/mol. The smallest absolute Gasteiger partial charge is 0.323 e. The molecule has 2 amide bonds. The molecule has 0 aromatic carbocycles. The van der Waals surface area contributed by atoms with Crippen molar-refractivity contribution in [3.8, 4) is 0 Å². The Labute approximate surface area is 139 Å². The first kappa shape index (κ1) is 15.0. The van der Waals surface area contributed by atoms with Crippen LogP contribution in [0.2, 0.25) is 0 Å². The van der Waals surface area contributed by atoms with E-state index < -0.39 is 6.03 Å². The Bertz CT molecular complexity index is 819. The van der Waals surface area contributed by atoms with Gasteiger partial charge in [-0.3, -0.25) is 9.48 Å². The molecule has 2 aliphatic carbocycles. The number of aromatic amines is 1. The monoisotopic (exact) mass is 327 g/mol. The molecular weight excluding hydrogens is 306 g/mol. The number of urea groups is 1. The predicted molar refractivity (Wildman–Crippen MR) is 91.5 cm³/mol. The van der Waals surface area contributed by atoms with E-state index in [2.05, 4.69) is 20.7 Å². The second kappa shape index (κ2) is 6.14. The predicted octanol–water partition coefficient (Wildman–Crippen LogP) is 2.82. The van der Waals surface area contributed by atoms with Crippen LogP contribution < -0.4 is 16.2 Å². The maximum absolute atomic E-state index is 12.2. The number of hydrogen-bond acceptors (Lipinski definition) is 3. The van der Waals surface area contributed by atoms with Crippen molar-refractivity contribution in [2.24, 2.45) is 0 Å². The molecule has 1 saturated carbocycles. The molecule has 2 aliphatic rings. The molecule has 0 atom stereocenters. The molecule has 7 heteroatoms. The van der Waals surface area contributed by atoms with E-state index in [0.717, 1.165) is 49.8 Å². The quantitative estimate of drug-likeness (QED) is 0.809. The number of aryl methyl sites for hydroxylation is 2. The van der Waals surface area contributed by atoms with Crippen molar-refractivity contribution in [2.45, 2.75) is 51.0 Å². The van der Waals surface area contributed by atoms with Crippen molar-refractivity contribution in [3.05, 3.63) is 40.1 Å². The van der Waals surface area contributed by atoms with Crippen LogP contribution in [0.4, 0.5) is 16.2 Å². The second-order valence-corrected chi connectivity index (χ2v) is 6.60. The maximum Gasteiger partial charge on any atom is 0.323 e. The maximum atomic E-state index is 12.2. The number of carbonyl (C=O) groups is 1. The normalized spacial score (nSPS) is 17.0. The number of hydrogen-bond donors (Lipinski definition) is 3. The molecule has 1 fully saturated rings. The Hall–Kier alpha value is -2.57. The summed E-state index contributed by atoms with van der Waals surface area (Å²) < 4.78 is 1.89. The third-order valence-corrected chi connectivity index (χ3v) is 4.89. The number of nitrogens with zero attached hydrogens (tertiary/aromatic N) is 2. The number of anilines is 2. The van der Waals surface area contributed by atoms with Crippen molar-refractivity contribution in [1.29, 1.82) is 0 Å². The highest BCUT2D eigenvalue weighted by atomic mass is 16.2. The molecule has 2 aromatic heterocycles. The third-order valence-electron chi connectivity index (χ3n) is 4.89. The minimum absolute atomic E-state index is 0.254. The first-order chi connectivity index (χ1) is 11.7. The zero-order chi connectivity index (χ0) is 16.5. The lowest BCUT2D eigenvalue weighted by molar-refractivity contribution is 0.262. The van der Waals surface area contributed by atoms with Crippen molar-refractivity contribution in [3.63, 3.8) is 0 Å². The van der Waals surface area contributed by atoms with E-state index in [0.29, 0.717) is 17.4 Å². The number of aromatic nitrogens is 3. The molecule has 0 aliphatic heterocycles. The van der Waals surface area contributed by atoms with Crippen LogP contribution in [0, 0.1) is 0 Å². The van der Waals surface area contributed by atoms with Gasteiger partial charge in [-0.2, -0.15) is 5.10 Å². The van der Waals surface area contributed by atoms with Gasteiger partial charge in [0.05, 0.1) is 17.9 Å². The molecular formula is C17H21N5O2. The van der Waals surface area contributed by atoms with Crippen molar-refractivity contribution < 1.29 is 4.79 Å². The van der Waals surface area contributed by atoms with Gasteiger partial charge in [0.2, 0.25) is 0 Å². The van der Waals surface area contributed by atoms with Crippen LogP contribution in [0.25, 0.3) is 0 Å². The van der Waals surface area contributed by atoms with Gasteiger partial charge in [-0.25, -0.2) is 4.79 Å². The summed E-state index contributed by atoms with van der Waals surface area (Å²) in [6.45, 7) is 0. The average Bonchev–Trinajstić information content (AvgIpc) is 2.94. The number of pyridine rings is 1. The van der Waals surface area contributed by atoms with Crippen LogP contribution in [-0.4, -0.2) is 20.8 Å². The summed E-state index contributed by atoms with van der Waals surface area (Å²) in [6, 6.07) is 1.82. The van der Waals surface area contributed by atoms with Crippen LogP contribution in [0.1, 0.15) is 49.4 Å². The second-order valence-electron chi connectivity index (χ2n) is 6.60. The molecule has 4 rings (SSSR count). The van der Waals surface area contributed by atoms with Crippen LogP contribution in [0.15, 0.2) is 23.3 Å². The Balaban J connectivity index is 1.44. The fourth-order valence-corrected chi connectivity index (χ4v) is 3.31. The summed E-state index contributed by atoms with van der Waals surface area (Å²) >= 11 is 0. The Morgan fingerprint density at radius 1 is 1.21 bits per heavy atom. The molecule has 0 bridgehead atoms. The zero-order valence-corrected chi connectivity index (χ0v) is 13.5. The molecule has 2 aromatic rings. The van der Waals surface area contributed by atoms with E-state index in [4.69, 9.17) is 0 Å². The van der Waals surface area contributed by atoms with Gasteiger partial charge in [-0.05, 0) is 56.6 Å². The Kier molecular flexibility index (Phi) is 3.84. The minimum atomic E-state index is -0.426. The highest BCUT2D eigenvalue weighted by Gasteiger charge is 2.20. The molecule has 3 N–H and O–H groups in total. The molecule has 0 unspecified atom stereocenters. The van der Waals surface area contributed by atoms with Gasteiger partial charge in [0.1, 0.15) is 5.69 Å². The van der Waals surface area contributed by atoms with Gasteiger partial charge in [0, 0.05) is 11.9 Å². The molecule has 0 saturated heterocycles. The third kappa shape index (κ3) is 2.93. The fraction of sp³-hybridized carbons (Fsp3) is 0.471. The lowest BCUT2D eigenvalue weighted by Crippen LogP contribution is -2.26. The lowest BCUT2D eigenvalue weighted by Gasteiger charge is -2.25. The van der Waals surface area contributed by atoms with E-state index in [1.54, 1.807) is 12.3 Å². The summed E-state index contributed by atoms with van der Waals surface area (Å²) in [5.74, 6) is 0. The van der Waals surface area contributed by atoms with Gasteiger partial charge in [-0.1, -0.05) is 0 Å². The number of rotatable bonds is 3. The molecule has 0 radical (unpaired) electrons. The van der Waals surface area contributed by atoms with Gasteiger partial charge in [0.25, 0.3) is 5.56 Å². The molecule has 0 spiro atoms. The first-order valence-corrected chi connectivity index (χ1v) is 8.56. The van der Waals surface area contributed by atoms with Crippen LogP contribution >= 0.6 is 0 Å². The molecule has 24 heavy (non-hydrogen) atoms. The summed E-state index contributed by atoms with van der Waals surface area (Å²) in [5.41, 5.74) is 2.79. The number of amides is 2. The highest BCUT2D eigenvalue weighted by Crippen LogP contribution is 2.31. The van der Waals surface area contributed by atoms with Gasteiger partial charge in [0.15, 0.2) is 0 Å². The Morgan fingerprint density at radius 3 is 2.83 bits per heavy atom. The SMILES string of the molecule is O=C(Nc1cnn(C2CCC2)c1)Nc1cc2c([nH]c1=O)CCCC2. The summed E-state index contributed by atoms with van der Waals surface area (Å²) in [6.07, 6.45) is 11.0. The van der Waals surface area contributed by atoms with Crippen LogP contribution in [0.3, 0.4) is 0 Å². The van der Waals surface area contributed by atoms with Crippen molar-refractivity contribution >= 4 is 17.4 Å². The number of carbonyl (C=O) groups excluding carboxylic acids is 1. The molecule has 7 nitrogen and oxygen atoms in total. The van der Waals surface area contributed by atoms with E-state index in [1.165, 1.54) is 6.42 Å². The van der Waals surface area contributed by atoms with Crippen LogP contribution in [-0.2, 0) is 12.8 Å². The van der Waals surface area contributed by atoms with Crippen molar-refractivity contribution in [1.82, 2.24) is 14.8 Å². The van der Waals surface area contributed by atoms with E-state index in [9.17, 15) is 9.59 Å². The van der Waals surface area contributed by atoms with Gasteiger partial charge < -0.3 is 15.6 Å².